The van der Waals surface area contributed by atoms with Crippen LogP contribution in [0.3, 0.4) is 0 Å². The third-order valence-electron chi connectivity index (χ3n) is 3.95. The van der Waals surface area contributed by atoms with Gasteiger partial charge in [-0.25, -0.2) is 18.7 Å². The van der Waals surface area contributed by atoms with E-state index in [2.05, 4.69) is 32.4 Å². The summed E-state index contributed by atoms with van der Waals surface area (Å²) in [5, 5.41) is 15.1. The summed E-state index contributed by atoms with van der Waals surface area (Å²) in [7, 11) is -1.63. The van der Waals surface area contributed by atoms with E-state index in [1.165, 1.54) is 37.5 Å². The lowest BCUT2D eigenvalue weighted by molar-refractivity contribution is 0.223. The molecule has 2 aromatic carbocycles. The van der Waals surface area contributed by atoms with Crippen molar-refractivity contribution in [1.82, 2.24) is 9.97 Å². The van der Waals surface area contributed by atoms with E-state index in [0.717, 1.165) is 6.07 Å². The SMILES string of the molecule is CC(O)Nc1ncc(C#Cc2c(F)ccc(NCS(=O)c3cc(Cl)ccc3Cl)c2F)cn1. The molecular formula is C21H16Cl2F2N4O2S. The first-order chi connectivity index (χ1) is 15.2. The van der Waals surface area contributed by atoms with Gasteiger partial charge in [-0.15, -0.1) is 0 Å². The van der Waals surface area contributed by atoms with Gasteiger partial charge in [0, 0.05) is 17.4 Å². The summed E-state index contributed by atoms with van der Waals surface area (Å²) in [6.07, 6.45) is 1.86. The summed E-state index contributed by atoms with van der Waals surface area (Å²) in [5.74, 6) is 3.24. The van der Waals surface area contributed by atoms with E-state index < -0.39 is 34.2 Å². The number of hydrogen-bond donors (Lipinski definition) is 3. The van der Waals surface area contributed by atoms with Crippen LogP contribution in [0.2, 0.25) is 10.0 Å². The van der Waals surface area contributed by atoms with Gasteiger partial charge in [-0.05, 0) is 37.3 Å². The number of halogens is 4. The van der Waals surface area contributed by atoms with Crippen molar-refractivity contribution >= 4 is 45.6 Å². The van der Waals surface area contributed by atoms with Gasteiger partial charge in [0.2, 0.25) is 5.95 Å². The molecule has 6 nitrogen and oxygen atoms in total. The average molecular weight is 497 g/mol. The van der Waals surface area contributed by atoms with E-state index in [9.17, 15) is 18.1 Å². The number of nitrogens with one attached hydrogen (secondary N) is 2. The molecule has 0 aliphatic carbocycles. The molecule has 3 rings (SSSR count). The number of nitrogens with zero attached hydrogens (tertiary/aromatic N) is 2. The molecular weight excluding hydrogens is 481 g/mol. The first-order valence-corrected chi connectivity index (χ1v) is 11.2. The van der Waals surface area contributed by atoms with Crippen LogP contribution < -0.4 is 10.6 Å². The quantitative estimate of drug-likeness (QED) is 0.346. The molecule has 1 heterocycles. The number of hydrogen-bond acceptors (Lipinski definition) is 6. The van der Waals surface area contributed by atoms with Gasteiger partial charge < -0.3 is 15.7 Å². The second kappa shape index (κ2) is 10.7. The molecule has 3 N–H and O–H groups in total. The fourth-order valence-electron chi connectivity index (χ4n) is 2.46. The van der Waals surface area contributed by atoms with Crippen molar-refractivity contribution < 1.29 is 18.1 Å². The van der Waals surface area contributed by atoms with Gasteiger partial charge in [0.1, 0.15) is 12.0 Å². The maximum absolute atomic E-state index is 14.8. The van der Waals surface area contributed by atoms with Crippen LogP contribution in [0.5, 0.6) is 0 Å². The third-order valence-corrected chi connectivity index (χ3v) is 5.86. The van der Waals surface area contributed by atoms with Crippen LogP contribution in [0.15, 0.2) is 47.6 Å². The maximum atomic E-state index is 14.8. The van der Waals surface area contributed by atoms with Gasteiger partial charge in [-0.2, -0.15) is 0 Å². The Kier molecular flexibility index (Phi) is 7.99. The van der Waals surface area contributed by atoms with Crippen LogP contribution in [0.1, 0.15) is 18.1 Å². The Bertz CT molecular complexity index is 1210. The zero-order valence-electron chi connectivity index (χ0n) is 16.5. The molecule has 11 heteroatoms. The summed E-state index contributed by atoms with van der Waals surface area (Å²) in [5.41, 5.74) is -0.224. The van der Waals surface area contributed by atoms with Crippen molar-refractivity contribution in [3.05, 3.63) is 75.5 Å². The normalized spacial score (nSPS) is 12.4. The Morgan fingerprint density at radius 1 is 1.16 bits per heavy atom. The highest BCUT2D eigenvalue weighted by atomic mass is 35.5. The third kappa shape index (κ3) is 6.14. The van der Waals surface area contributed by atoms with Crippen molar-refractivity contribution in [3.63, 3.8) is 0 Å². The largest absolute Gasteiger partial charge is 0.374 e. The minimum atomic E-state index is -1.63. The molecule has 1 aromatic heterocycles. The molecule has 3 aromatic rings. The summed E-state index contributed by atoms with van der Waals surface area (Å²) in [4.78, 5) is 8.19. The second-order valence-electron chi connectivity index (χ2n) is 6.39. The van der Waals surface area contributed by atoms with E-state index >= 15 is 0 Å². The predicted molar refractivity (Wildman–Crippen MR) is 121 cm³/mol. The zero-order valence-corrected chi connectivity index (χ0v) is 18.8. The highest BCUT2D eigenvalue weighted by Gasteiger charge is 2.14. The highest BCUT2D eigenvalue weighted by molar-refractivity contribution is 7.85. The molecule has 0 saturated heterocycles. The molecule has 0 spiro atoms. The van der Waals surface area contributed by atoms with Crippen molar-refractivity contribution in [3.8, 4) is 11.8 Å². The number of rotatable bonds is 6. The zero-order chi connectivity index (χ0) is 23.3. The van der Waals surface area contributed by atoms with Crippen LogP contribution in [0, 0.1) is 23.5 Å². The molecule has 0 saturated carbocycles. The van der Waals surface area contributed by atoms with E-state index in [1.807, 2.05) is 0 Å². The first-order valence-electron chi connectivity index (χ1n) is 9.08. The summed E-state index contributed by atoms with van der Waals surface area (Å²) in [6, 6.07) is 6.78. The smallest absolute Gasteiger partial charge is 0.224 e. The number of aliphatic hydroxyl groups is 1. The van der Waals surface area contributed by atoms with E-state index in [1.54, 1.807) is 6.07 Å². The van der Waals surface area contributed by atoms with Gasteiger partial charge in [0.15, 0.2) is 5.82 Å². The van der Waals surface area contributed by atoms with Crippen LogP contribution in [0.4, 0.5) is 20.4 Å². The van der Waals surface area contributed by atoms with Crippen molar-refractivity contribution in [2.75, 3.05) is 16.5 Å². The van der Waals surface area contributed by atoms with E-state index in [-0.39, 0.29) is 22.5 Å². The molecule has 2 atom stereocenters. The summed E-state index contributed by atoms with van der Waals surface area (Å²) < 4.78 is 41.5. The van der Waals surface area contributed by atoms with Gasteiger partial charge in [-0.1, -0.05) is 35.0 Å². The van der Waals surface area contributed by atoms with Gasteiger partial charge >= 0.3 is 0 Å². The van der Waals surface area contributed by atoms with Crippen LogP contribution in [-0.2, 0) is 10.8 Å². The monoisotopic (exact) mass is 496 g/mol. The maximum Gasteiger partial charge on any atom is 0.224 e. The lowest BCUT2D eigenvalue weighted by Crippen LogP contribution is -2.15. The number of benzene rings is 2. The lowest BCUT2D eigenvalue weighted by Gasteiger charge is -2.10. The Morgan fingerprint density at radius 3 is 2.56 bits per heavy atom. The predicted octanol–water partition coefficient (Wildman–Crippen LogP) is 4.39. The van der Waals surface area contributed by atoms with Gasteiger partial charge in [-0.3, -0.25) is 4.21 Å². The molecule has 166 valence electrons. The van der Waals surface area contributed by atoms with Gasteiger partial charge in [0.05, 0.1) is 43.4 Å². The molecule has 0 aliphatic rings. The minimum Gasteiger partial charge on any atom is -0.374 e. The molecule has 2 unspecified atom stereocenters. The molecule has 0 amide bonds. The number of anilines is 2. The van der Waals surface area contributed by atoms with Crippen LogP contribution in [0.25, 0.3) is 0 Å². The van der Waals surface area contributed by atoms with Crippen molar-refractivity contribution in [1.29, 1.82) is 0 Å². The average Bonchev–Trinajstić information content (AvgIpc) is 2.75. The molecule has 0 bridgehead atoms. The Balaban J connectivity index is 1.77. The lowest BCUT2D eigenvalue weighted by atomic mass is 10.1. The van der Waals surface area contributed by atoms with E-state index in [0.29, 0.717) is 15.5 Å². The number of aromatic nitrogens is 2. The van der Waals surface area contributed by atoms with Crippen LogP contribution >= 0.6 is 23.2 Å². The fourth-order valence-corrected chi connectivity index (χ4v) is 4.06. The Morgan fingerprint density at radius 2 is 1.88 bits per heavy atom. The Hall–Kier alpha value is -2.77. The minimum absolute atomic E-state index is 0.0741. The summed E-state index contributed by atoms with van der Waals surface area (Å²) in [6.45, 7) is 1.50. The first kappa shape index (κ1) is 23.9. The molecule has 0 radical (unpaired) electrons. The van der Waals surface area contributed by atoms with Crippen molar-refractivity contribution in [2.24, 2.45) is 0 Å². The fraction of sp³-hybridized carbons (Fsp3) is 0.143. The highest BCUT2D eigenvalue weighted by Crippen LogP contribution is 2.25. The summed E-state index contributed by atoms with van der Waals surface area (Å²) >= 11 is 11.9. The molecule has 0 aliphatic heterocycles. The number of aliphatic hydroxyl groups excluding tert-OH is 1. The topological polar surface area (TPSA) is 87.1 Å². The van der Waals surface area contributed by atoms with Crippen molar-refractivity contribution in [2.45, 2.75) is 18.0 Å². The van der Waals surface area contributed by atoms with E-state index in [4.69, 9.17) is 23.2 Å². The van der Waals surface area contributed by atoms with Crippen LogP contribution in [-0.4, -0.2) is 31.4 Å². The molecule has 0 fully saturated rings. The Labute approximate surface area is 195 Å². The van der Waals surface area contributed by atoms with Gasteiger partial charge in [0.25, 0.3) is 0 Å². The standard InChI is InChI=1S/C21H16Cl2F2N4O2S/c1-12(30)29-21-26-9-13(10-27-21)2-4-15-17(24)6-7-18(20(15)25)28-11-32(31)19-8-14(22)3-5-16(19)23/h3,5-10,12,28,30H,11H2,1H3,(H,26,27,29). The second-order valence-corrected chi connectivity index (χ2v) is 8.65. The molecule has 32 heavy (non-hydrogen) atoms.